The van der Waals surface area contributed by atoms with Crippen molar-refractivity contribution >= 4 is 97.3 Å². The highest BCUT2D eigenvalue weighted by molar-refractivity contribution is 6.28. The Hall–Kier alpha value is -7.48. The molecule has 1 heteroatoms. The summed E-state index contributed by atoms with van der Waals surface area (Å²) in [5, 5.41) is 20.0. The van der Waals surface area contributed by atoms with Crippen LogP contribution in [0.15, 0.2) is 199 Å². The minimum Gasteiger partial charge on any atom is -0.455 e. The van der Waals surface area contributed by atoms with Crippen molar-refractivity contribution in [2.24, 2.45) is 0 Å². The summed E-state index contributed by atoms with van der Waals surface area (Å²) in [5.74, 6) is 0. The molecule has 1 nitrogen and oxygen atoms in total. The first kappa shape index (κ1) is 30.8. The van der Waals surface area contributed by atoms with Crippen LogP contribution in [0.3, 0.4) is 0 Å². The Kier molecular flexibility index (Phi) is 6.23. The Morgan fingerprint density at radius 3 is 1.65 bits per heavy atom. The molecule has 1 aromatic heterocycles. The maximum Gasteiger partial charge on any atom is 0.143 e. The molecule has 0 aliphatic carbocycles. The Bertz CT molecular complexity index is 3770. The van der Waals surface area contributed by atoms with Gasteiger partial charge in [0.1, 0.15) is 11.2 Å². The number of furan rings is 1. The van der Waals surface area contributed by atoms with E-state index in [9.17, 15) is 0 Å². The van der Waals surface area contributed by atoms with E-state index in [0.29, 0.717) is 0 Å². The highest BCUT2D eigenvalue weighted by Crippen LogP contribution is 2.47. The average Bonchev–Trinajstić information content (AvgIpc) is 3.65. The third-order valence-corrected chi connectivity index (χ3v) is 12.6. The first-order valence-corrected chi connectivity index (χ1v) is 19.7. The molecule has 0 saturated heterocycles. The highest BCUT2D eigenvalue weighted by Gasteiger charge is 2.21. The lowest BCUT2D eigenvalue weighted by Gasteiger charge is -2.16. The molecule has 0 aliphatic rings. The summed E-state index contributed by atoms with van der Waals surface area (Å²) in [7, 11) is 0. The predicted octanol–water partition coefficient (Wildman–Crippen LogP) is 16.1. The van der Waals surface area contributed by atoms with E-state index in [2.05, 4.69) is 194 Å². The first-order valence-electron chi connectivity index (χ1n) is 19.7. The van der Waals surface area contributed by atoms with E-state index in [1.807, 2.05) is 0 Å². The van der Waals surface area contributed by atoms with Gasteiger partial charge in [0.15, 0.2) is 0 Å². The van der Waals surface area contributed by atoms with Crippen LogP contribution in [0.2, 0.25) is 0 Å². The monoisotopic (exact) mass is 720 g/mol. The molecule has 0 radical (unpaired) electrons. The van der Waals surface area contributed by atoms with Gasteiger partial charge in [0.25, 0.3) is 0 Å². The molecule has 12 aromatic carbocycles. The Morgan fingerprint density at radius 2 is 0.825 bits per heavy atom. The molecule has 0 unspecified atom stereocenters. The van der Waals surface area contributed by atoms with Gasteiger partial charge < -0.3 is 4.42 Å². The minimum absolute atomic E-state index is 0.904. The van der Waals surface area contributed by atoms with Gasteiger partial charge in [-0.1, -0.05) is 170 Å². The lowest BCUT2D eigenvalue weighted by atomic mass is 9.87. The lowest BCUT2D eigenvalue weighted by molar-refractivity contribution is 0.670. The fourth-order valence-electron chi connectivity index (χ4n) is 9.93. The van der Waals surface area contributed by atoms with Crippen molar-refractivity contribution in [3.63, 3.8) is 0 Å². The molecule has 0 N–H and O–H groups in total. The Labute approximate surface area is 328 Å². The van der Waals surface area contributed by atoms with E-state index in [1.54, 1.807) is 0 Å². The maximum absolute atomic E-state index is 7.00. The fraction of sp³-hybridized carbons (Fsp3) is 0. The van der Waals surface area contributed by atoms with Crippen LogP contribution in [0.1, 0.15) is 0 Å². The average molecular weight is 721 g/mol. The lowest BCUT2D eigenvalue weighted by Crippen LogP contribution is -1.89. The SMILES string of the molecule is c1ccc2cc3c(cc2c1)oc1c(-c2ccc(-c4c5ccccc5cc5c4ccc4ccccc45)cc2)ccc(-c2ccc4ccc5cccc6ccc2c4c56)c13. The zero-order chi connectivity index (χ0) is 37.2. The van der Waals surface area contributed by atoms with Gasteiger partial charge in [-0.2, -0.15) is 0 Å². The summed E-state index contributed by atoms with van der Waals surface area (Å²) in [6, 6.07) is 71.6. The smallest absolute Gasteiger partial charge is 0.143 e. The summed E-state index contributed by atoms with van der Waals surface area (Å²) < 4.78 is 7.00. The molecular weight excluding hydrogens is 689 g/mol. The molecule has 0 aliphatic heterocycles. The third-order valence-electron chi connectivity index (χ3n) is 12.6. The molecule has 1 heterocycles. The second kappa shape index (κ2) is 11.5. The predicted molar refractivity (Wildman–Crippen MR) is 244 cm³/mol. The van der Waals surface area contributed by atoms with Crippen molar-refractivity contribution in [1.29, 1.82) is 0 Å². The minimum atomic E-state index is 0.904. The van der Waals surface area contributed by atoms with Gasteiger partial charge in [0.2, 0.25) is 0 Å². The number of benzene rings is 12. The molecule has 0 bridgehead atoms. The van der Waals surface area contributed by atoms with Crippen molar-refractivity contribution in [3.8, 4) is 33.4 Å². The third kappa shape index (κ3) is 4.40. The van der Waals surface area contributed by atoms with Crippen molar-refractivity contribution in [2.75, 3.05) is 0 Å². The van der Waals surface area contributed by atoms with Crippen molar-refractivity contribution in [2.45, 2.75) is 0 Å². The van der Waals surface area contributed by atoms with E-state index in [4.69, 9.17) is 4.42 Å². The van der Waals surface area contributed by atoms with Gasteiger partial charge in [-0.3, -0.25) is 0 Å². The van der Waals surface area contributed by atoms with Crippen molar-refractivity contribution in [3.05, 3.63) is 194 Å². The first-order chi connectivity index (χ1) is 28.2. The van der Waals surface area contributed by atoms with Crippen molar-refractivity contribution in [1.82, 2.24) is 0 Å². The van der Waals surface area contributed by atoms with Crippen molar-refractivity contribution < 1.29 is 4.42 Å². The number of fused-ring (bicyclic) bond motifs is 8. The summed E-state index contributed by atoms with van der Waals surface area (Å²) in [6.07, 6.45) is 0. The van der Waals surface area contributed by atoms with Gasteiger partial charge in [-0.25, -0.2) is 0 Å². The molecular formula is C56H32O. The van der Waals surface area contributed by atoms with E-state index in [1.165, 1.54) is 97.7 Å². The van der Waals surface area contributed by atoms with E-state index >= 15 is 0 Å². The molecule has 0 amide bonds. The van der Waals surface area contributed by atoms with Gasteiger partial charge in [0.05, 0.1) is 0 Å². The number of hydrogen-bond donors (Lipinski definition) is 0. The number of rotatable bonds is 3. The Balaban J connectivity index is 1.05. The summed E-state index contributed by atoms with van der Waals surface area (Å²) >= 11 is 0. The normalized spacial score (nSPS) is 12.2. The standard InChI is InChI=1S/C56H32O/c1-2-10-40-32-51-50(30-39(40)9-1)55-47(45-25-23-38-21-20-35-12-7-13-36-24-27-46(45)54(38)52(35)36)29-28-44(56(55)57-51)34-16-18-37(19-17-34)53-43-15-6-4-11-41(43)31-49-42-14-5-3-8-33(42)22-26-48(49)53/h1-32H. The molecule has 13 aromatic rings. The summed E-state index contributed by atoms with van der Waals surface area (Å²) in [6.45, 7) is 0. The largest absolute Gasteiger partial charge is 0.455 e. The van der Waals surface area contributed by atoms with Crippen LogP contribution in [-0.2, 0) is 0 Å². The van der Waals surface area contributed by atoms with Gasteiger partial charge in [0, 0.05) is 16.3 Å². The number of hydrogen-bond acceptors (Lipinski definition) is 1. The van der Waals surface area contributed by atoms with E-state index in [-0.39, 0.29) is 0 Å². The zero-order valence-electron chi connectivity index (χ0n) is 30.9. The molecule has 57 heavy (non-hydrogen) atoms. The zero-order valence-corrected chi connectivity index (χ0v) is 30.9. The highest BCUT2D eigenvalue weighted by atomic mass is 16.3. The van der Waals surface area contributed by atoms with Crippen LogP contribution in [0.5, 0.6) is 0 Å². The van der Waals surface area contributed by atoms with Gasteiger partial charge in [-0.05, 0) is 127 Å². The maximum atomic E-state index is 7.00. The molecule has 0 atom stereocenters. The second-order valence-corrected chi connectivity index (χ2v) is 15.6. The quantitative estimate of drug-likeness (QED) is 0.131. The fourth-order valence-corrected chi connectivity index (χ4v) is 9.93. The Morgan fingerprint density at radius 1 is 0.263 bits per heavy atom. The summed E-state index contributed by atoms with van der Waals surface area (Å²) in [5.41, 5.74) is 8.92. The van der Waals surface area contributed by atoms with Crippen LogP contribution in [0.25, 0.3) is 131 Å². The summed E-state index contributed by atoms with van der Waals surface area (Å²) in [4.78, 5) is 0. The second-order valence-electron chi connectivity index (χ2n) is 15.6. The molecule has 0 saturated carbocycles. The van der Waals surface area contributed by atoms with Crippen LogP contribution in [-0.4, -0.2) is 0 Å². The van der Waals surface area contributed by atoms with Crippen LogP contribution in [0, 0.1) is 0 Å². The molecule has 0 spiro atoms. The molecule has 0 fully saturated rings. The van der Waals surface area contributed by atoms with Gasteiger partial charge in [-0.15, -0.1) is 0 Å². The molecule has 13 rings (SSSR count). The van der Waals surface area contributed by atoms with Crippen LogP contribution < -0.4 is 0 Å². The van der Waals surface area contributed by atoms with E-state index in [0.717, 1.165) is 33.1 Å². The van der Waals surface area contributed by atoms with Gasteiger partial charge >= 0.3 is 0 Å². The van der Waals surface area contributed by atoms with E-state index < -0.39 is 0 Å². The van der Waals surface area contributed by atoms with Crippen LogP contribution in [0.4, 0.5) is 0 Å². The van der Waals surface area contributed by atoms with Crippen LogP contribution >= 0.6 is 0 Å². The molecule has 262 valence electrons. The topological polar surface area (TPSA) is 13.1 Å².